The van der Waals surface area contributed by atoms with E-state index in [1.165, 1.54) is 0 Å². The van der Waals surface area contributed by atoms with Gasteiger partial charge in [0.1, 0.15) is 0 Å². The maximum absolute atomic E-state index is 11.6. The Hall–Kier alpha value is -0.302. The molecule has 4 heteroatoms. The summed E-state index contributed by atoms with van der Waals surface area (Å²) in [7, 11) is 0. The van der Waals surface area contributed by atoms with Crippen LogP contribution in [0.25, 0.3) is 0 Å². The van der Waals surface area contributed by atoms with Gasteiger partial charge in [-0.1, -0.05) is 0 Å². The quantitative estimate of drug-likeness (QED) is 0.725. The Kier molecular flexibility index (Phi) is 6.19. The van der Waals surface area contributed by atoms with Gasteiger partial charge >= 0.3 is 96.6 Å². The van der Waals surface area contributed by atoms with Gasteiger partial charge in [0, 0.05) is 0 Å². The van der Waals surface area contributed by atoms with Crippen LogP contribution in [0.3, 0.4) is 0 Å². The first-order valence-electron chi connectivity index (χ1n) is 5.16. The molecule has 0 heterocycles. The Morgan fingerprint density at radius 1 is 1.27 bits per heavy atom. The number of Topliss-reactive ketones (excluding diaryl/α,β-unsaturated/α-hetero) is 1. The van der Waals surface area contributed by atoms with Crippen molar-refractivity contribution in [3.8, 4) is 0 Å². The molecule has 0 N–H and O–H groups in total. The first-order valence-corrected chi connectivity index (χ1v) is 9.30. The number of carbonyl (C=O) groups excluding carboxylic acids is 2. The molecule has 15 heavy (non-hydrogen) atoms. The average Bonchev–Trinajstić information content (AvgIpc) is 1.99. The fraction of sp³-hybridized carbons (Fsp3) is 0.818. The van der Waals surface area contributed by atoms with Gasteiger partial charge < -0.3 is 0 Å². The van der Waals surface area contributed by atoms with E-state index in [9.17, 15) is 9.59 Å². The Labute approximate surface area is 96.8 Å². The monoisotopic (exact) mass is 276 g/mol. The van der Waals surface area contributed by atoms with Crippen LogP contribution in [0.4, 0.5) is 4.79 Å². The van der Waals surface area contributed by atoms with Crippen LogP contribution in [0.1, 0.15) is 40.5 Å². The minimum atomic E-state index is -1.54. The van der Waals surface area contributed by atoms with Crippen LogP contribution in [0.15, 0.2) is 0 Å². The summed E-state index contributed by atoms with van der Waals surface area (Å²) in [6.07, 6.45) is 1.41. The molecule has 0 radical (unpaired) electrons. The molecular weight excluding hydrogens is 255 g/mol. The van der Waals surface area contributed by atoms with Crippen molar-refractivity contribution in [3.63, 3.8) is 0 Å². The van der Waals surface area contributed by atoms with Gasteiger partial charge in [-0.2, -0.15) is 0 Å². The van der Waals surface area contributed by atoms with Crippen molar-refractivity contribution in [2.45, 2.75) is 57.1 Å². The molecule has 3 nitrogen and oxygen atoms in total. The third kappa shape index (κ3) is 8.68. The Bertz CT molecular complexity index is 230. The van der Waals surface area contributed by atoms with Crippen molar-refractivity contribution < 1.29 is 14.3 Å². The third-order valence-electron chi connectivity index (χ3n) is 1.73. The summed E-state index contributed by atoms with van der Waals surface area (Å²) in [5.41, 5.74) is 1.60. The fourth-order valence-corrected chi connectivity index (χ4v) is 3.61. The number of hydrogen-bond donors (Lipinski definition) is 0. The Balaban J connectivity index is 3.85. The van der Waals surface area contributed by atoms with Crippen LogP contribution in [0, 0.1) is 0 Å². The summed E-state index contributed by atoms with van der Waals surface area (Å²) in [4.78, 5) is 22.3. The first kappa shape index (κ1) is 14.7. The molecule has 0 aromatic heterocycles. The second-order valence-electron chi connectivity index (χ2n) is 4.71. The van der Waals surface area contributed by atoms with Crippen molar-refractivity contribution in [2.75, 3.05) is 0 Å². The molecule has 1 atom stereocenters. The van der Waals surface area contributed by atoms with Gasteiger partial charge in [-0.15, -0.1) is 0 Å². The van der Waals surface area contributed by atoms with Crippen LogP contribution in [-0.4, -0.2) is 30.8 Å². The zero-order valence-corrected chi connectivity index (χ0v) is 12.2. The van der Waals surface area contributed by atoms with Gasteiger partial charge in [0.05, 0.1) is 0 Å². The molecule has 1 unspecified atom stereocenters. The number of ketones is 1. The predicted octanol–water partition coefficient (Wildman–Crippen LogP) is 3.00. The molecule has 88 valence electrons. The third-order valence-corrected chi connectivity index (χ3v) is 5.30. The van der Waals surface area contributed by atoms with Gasteiger partial charge in [0.2, 0.25) is 0 Å². The molecule has 0 aliphatic heterocycles. The van der Waals surface area contributed by atoms with E-state index in [1.54, 1.807) is 6.92 Å². The summed E-state index contributed by atoms with van der Waals surface area (Å²) in [6, 6.07) is 0. The predicted molar refractivity (Wildman–Crippen MR) is 62.6 cm³/mol. The molecule has 0 aromatic carbocycles. The second kappa shape index (κ2) is 6.32. The van der Waals surface area contributed by atoms with Crippen LogP contribution in [0.2, 0.25) is 10.9 Å². The van der Waals surface area contributed by atoms with E-state index in [1.807, 2.05) is 26.5 Å². The molecule has 0 saturated carbocycles. The van der Waals surface area contributed by atoms with E-state index in [-0.39, 0.29) is 16.1 Å². The summed E-state index contributed by atoms with van der Waals surface area (Å²) in [5.74, 6) is 0.196. The molecule has 0 amide bonds. The van der Waals surface area contributed by atoms with E-state index >= 15 is 0 Å². The van der Waals surface area contributed by atoms with Crippen LogP contribution in [-0.2, 0) is 9.53 Å². The number of carbonyl (C=O) groups is 2. The van der Waals surface area contributed by atoms with E-state index in [2.05, 4.69) is 0 Å². The SMILES string of the molecule is CC(=O)CCC[As](C)C(=O)OC(C)(C)C. The van der Waals surface area contributed by atoms with Crippen molar-refractivity contribution >= 4 is 25.2 Å². The number of hydrogen-bond acceptors (Lipinski definition) is 3. The Morgan fingerprint density at radius 3 is 2.20 bits per heavy atom. The average molecular weight is 276 g/mol. The van der Waals surface area contributed by atoms with E-state index in [0.29, 0.717) is 6.42 Å². The van der Waals surface area contributed by atoms with Crippen molar-refractivity contribution in [3.05, 3.63) is 0 Å². The first-order chi connectivity index (χ1) is 6.72. The van der Waals surface area contributed by atoms with Crippen molar-refractivity contribution in [1.29, 1.82) is 0 Å². The van der Waals surface area contributed by atoms with Crippen LogP contribution < -0.4 is 0 Å². The molecule has 0 fully saturated rings. The van der Waals surface area contributed by atoms with Gasteiger partial charge in [-0.05, 0) is 0 Å². The van der Waals surface area contributed by atoms with Gasteiger partial charge in [0.15, 0.2) is 0 Å². The zero-order valence-electron chi connectivity index (χ0n) is 10.3. The van der Waals surface area contributed by atoms with Gasteiger partial charge in [-0.3, -0.25) is 0 Å². The molecule has 0 aromatic rings. The molecule has 0 bridgehead atoms. The van der Waals surface area contributed by atoms with Crippen LogP contribution >= 0.6 is 0 Å². The van der Waals surface area contributed by atoms with Crippen molar-refractivity contribution in [2.24, 2.45) is 0 Å². The molecular formula is C11H21AsO3. The molecule has 0 rings (SSSR count). The molecule has 0 aliphatic rings. The zero-order chi connectivity index (χ0) is 12.1. The summed E-state index contributed by atoms with van der Waals surface area (Å²) in [5, 5.41) is 0.863. The summed E-state index contributed by atoms with van der Waals surface area (Å²) < 4.78 is 5.27. The summed E-state index contributed by atoms with van der Waals surface area (Å²) in [6.45, 7) is 7.22. The molecule has 0 saturated heterocycles. The van der Waals surface area contributed by atoms with Crippen molar-refractivity contribution in [1.82, 2.24) is 0 Å². The molecule has 0 spiro atoms. The van der Waals surface area contributed by atoms with Crippen LogP contribution in [0.5, 0.6) is 0 Å². The fourth-order valence-electron chi connectivity index (χ4n) is 0.996. The van der Waals surface area contributed by atoms with Gasteiger partial charge in [0.25, 0.3) is 0 Å². The van der Waals surface area contributed by atoms with E-state index in [4.69, 9.17) is 4.74 Å². The van der Waals surface area contributed by atoms with Gasteiger partial charge in [-0.25, -0.2) is 0 Å². The second-order valence-corrected chi connectivity index (χ2v) is 9.34. The summed E-state index contributed by atoms with van der Waals surface area (Å²) >= 11 is -1.54. The number of rotatable bonds is 5. The maximum atomic E-state index is 11.6. The standard InChI is InChI=1S/C11H21AsO3/c1-9(13)7-6-8-12(5)10(14)15-11(2,3)4/h6-8H2,1-5H3. The normalized spacial score (nSPS) is 13.4. The topological polar surface area (TPSA) is 43.4 Å². The minimum absolute atomic E-state index is 0.0291. The Morgan fingerprint density at radius 2 is 1.80 bits per heavy atom. The number of ether oxygens (including phenoxy) is 1. The molecule has 0 aliphatic carbocycles. The van der Waals surface area contributed by atoms with E-state index < -0.39 is 14.7 Å². The van der Waals surface area contributed by atoms with E-state index in [0.717, 1.165) is 11.6 Å².